The molecule has 7 amide bonds. The van der Waals surface area contributed by atoms with Crippen molar-refractivity contribution in [3.63, 3.8) is 0 Å². The molecule has 7 aliphatic heterocycles. The number of esters is 5. The average Bonchev–Trinajstić information content (AvgIpc) is 0.883. The van der Waals surface area contributed by atoms with E-state index in [9.17, 15) is 57.5 Å². The fourth-order valence-electron chi connectivity index (χ4n) is 15.9. The summed E-state index contributed by atoms with van der Waals surface area (Å²) in [6.07, 6.45) is 24.4. The zero-order chi connectivity index (χ0) is 93.8. The van der Waals surface area contributed by atoms with E-state index in [4.69, 9.17) is 33.2 Å². The number of morpholine rings is 2. The average molecular weight is 1820 g/mol. The van der Waals surface area contributed by atoms with E-state index >= 15 is 0 Å². The van der Waals surface area contributed by atoms with Crippen LogP contribution in [0.5, 0.6) is 0 Å². The van der Waals surface area contributed by atoms with Crippen molar-refractivity contribution in [2.24, 2.45) is 29.6 Å². The van der Waals surface area contributed by atoms with Crippen LogP contribution in [-0.4, -0.2) is 216 Å². The summed E-state index contributed by atoms with van der Waals surface area (Å²) >= 11 is 0. The Kier molecular flexibility index (Phi) is 46.7. The van der Waals surface area contributed by atoms with E-state index < -0.39 is 71.5 Å². The molecule has 5 aromatic carbocycles. The number of hydrogen-bond donors (Lipinski definition) is 7. The molecule has 0 unspecified atom stereocenters. The first-order chi connectivity index (χ1) is 64.0. The Bertz CT molecular complexity index is 4340. The third kappa shape index (κ3) is 41.5. The molecule has 29 nitrogen and oxygen atoms in total. The number of cyclic esters (lactones) is 4. The van der Waals surface area contributed by atoms with Crippen molar-refractivity contribution in [1.82, 2.24) is 51.9 Å². The molecule has 0 aliphatic carbocycles. The van der Waals surface area contributed by atoms with Crippen LogP contribution in [0.3, 0.4) is 0 Å². The van der Waals surface area contributed by atoms with Crippen molar-refractivity contribution >= 4 is 71.2 Å². The lowest BCUT2D eigenvalue weighted by Gasteiger charge is -2.32. The van der Waals surface area contributed by atoms with E-state index in [1.54, 1.807) is 20.8 Å². The van der Waals surface area contributed by atoms with Crippen molar-refractivity contribution in [1.29, 1.82) is 0 Å². The molecular formula is C103H138N10O19. The minimum Gasteiger partial charge on any atom is -0.463 e. The molecule has 3 fully saturated rings. The minimum atomic E-state index is -0.596. The second-order valence-electron chi connectivity index (χ2n) is 35.1. The summed E-state index contributed by atoms with van der Waals surface area (Å²) in [4.78, 5) is 157. The van der Waals surface area contributed by atoms with Crippen LogP contribution in [0.25, 0.3) is 0 Å². The Morgan fingerprint density at radius 1 is 0.417 bits per heavy atom. The van der Waals surface area contributed by atoms with Gasteiger partial charge in [-0.25, -0.2) is 0 Å². The van der Waals surface area contributed by atoms with Crippen LogP contribution >= 0.6 is 0 Å². The van der Waals surface area contributed by atoms with Gasteiger partial charge in [-0.15, -0.1) is 0 Å². The quantitative estimate of drug-likeness (QED) is 0.0131. The van der Waals surface area contributed by atoms with E-state index in [-0.39, 0.29) is 118 Å². The summed E-state index contributed by atoms with van der Waals surface area (Å²) < 4.78 is 38.4. The number of ether oxygens (including phenoxy) is 7. The molecule has 7 N–H and O–H groups in total. The molecule has 0 spiro atoms. The molecular weight excluding hydrogens is 1680 g/mol. The minimum absolute atomic E-state index is 0.00321. The van der Waals surface area contributed by atoms with Gasteiger partial charge in [-0.2, -0.15) is 0 Å². The topological polar surface area (TPSA) is 363 Å². The Balaban J connectivity index is 0.000000199. The van der Waals surface area contributed by atoms with Crippen LogP contribution in [-0.2, 0) is 97.1 Å². The van der Waals surface area contributed by atoms with Gasteiger partial charge in [0.05, 0.1) is 88.4 Å². The van der Waals surface area contributed by atoms with E-state index in [2.05, 4.69) is 76.2 Å². The molecule has 8 atom stereocenters. The number of nitrogens with zero attached hydrogens (tertiary/aromatic N) is 3. The lowest BCUT2D eigenvalue weighted by atomic mass is 9.90. The highest BCUT2D eigenvalue weighted by Gasteiger charge is 2.32. The van der Waals surface area contributed by atoms with Gasteiger partial charge in [0.2, 0.25) is 41.4 Å². The first kappa shape index (κ1) is 104. The maximum atomic E-state index is 13.0. The summed E-state index contributed by atoms with van der Waals surface area (Å²) in [6, 6.07) is 47.4. The molecule has 0 radical (unpaired) electrons. The van der Waals surface area contributed by atoms with Gasteiger partial charge >= 0.3 is 29.8 Å². The van der Waals surface area contributed by atoms with Gasteiger partial charge in [0.15, 0.2) is 0 Å². The second kappa shape index (κ2) is 59.1. The third-order valence-corrected chi connectivity index (χ3v) is 23.4. The Morgan fingerprint density at radius 2 is 0.780 bits per heavy atom. The number of allylic oxidation sites excluding steroid dienone is 8. The van der Waals surface area contributed by atoms with Crippen LogP contribution in [0.15, 0.2) is 200 Å². The van der Waals surface area contributed by atoms with Gasteiger partial charge in [-0.1, -0.05) is 200 Å². The second-order valence-corrected chi connectivity index (χ2v) is 35.1. The fraction of sp³-hybridized carbons (Fsp3) is 0.515. The van der Waals surface area contributed by atoms with Crippen molar-refractivity contribution in [2.75, 3.05) is 125 Å². The Hall–Kier alpha value is -11.5. The number of hydrogen-bond acceptors (Lipinski definition) is 22. The number of carbonyl (C=O) groups is 12. The van der Waals surface area contributed by atoms with E-state index in [0.29, 0.717) is 89.9 Å². The van der Waals surface area contributed by atoms with Gasteiger partial charge in [0.25, 0.3) is 0 Å². The molecule has 29 heteroatoms. The zero-order valence-electron chi connectivity index (χ0n) is 77.1. The van der Waals surface area contributed by atoms with Crippen LogP contribution in [0.2, 0.25) is 0 Å². The van der Waals surface area contributed by atoms with Crippen molar-refractivity contribution in [2.45, 2.75) is 186 Å². The maximum absolute atomic E-state index is 13.0. The number of amides is 7. The zero-order valence-corrected chi connectivity index (χ0v) is 77.1. The first-order valence-corrected chi connectivity index (χ1v) is 47.1. The highest BCUT2D eigenvalue weighted by Crippen LogP contribution is 2.27. The third-order valence-electron chi connectivity index (χ3n) is 23.4. The number of likely N-dealkylation sites (tertiary alicyclic amines) is 1. The van der Waals surface area contributed by atoms with E-state index in [1.807, 2.05) is 176 Å². The van der Waals surface area contributed by atoms with Crippen LogP contribution in [0.1, 0.15) is 201 Å². The summed E-state index contributed by atoms with van der Waals surface area (Å²) in [5.74, 6) is -4.32. The smallest absolute Gasteiger partial charge is 0.309 e. The lowest BCUT2D eigenvalue weighted by molar-refractivity contribution is -0.157. The molecule has 0 bridgehead atoms. The van der Waals surface area contributed by atoms with Gasteiger partial charge in [-0.05, 0) is 151 Å². The van der Waals surface area contributed by atoms with Gasteiger partial charge in [-0.3, -0.25) is 72.2 Å². The fourth-order valence-corrected chi connectivity index (χ4v) is 15.9. The number of piperidine rings is 1. The van der Waals surface area contributed by atoms with Crippen molar-refractivity contribution in [3.8, 4) is 0 Å². The molecule has 0 aromatic heterocycles. The maximum Gasteiger partial charge on any atom is 0.309 e. The SMILES string of the molecule is CC(C)(C)OC(=O)C[C@@H]1C/C=C/CCC(=O)O[C@H](c2ccccc2)CNC1=O.O=C(C[C@@H]1C/C=C/CCC(=O)N[C@H](c2ccccc2)COC1=O)NCCCN1CCOCC1.O=C(C[C@@H]1C/C=C/CCC(=O)N[C@H](c2ccccc2)COC1=O)NCN1CCC(Cc2ccccc2)CC1.O=C(C[C@@H]1C/C=C/CCC(=O)O[C@H](c2ccccc2)CNC1=O)NCCCN1CCOCC1. The first-order valence-electron chi connectivity index (χ1n) is 47.1. The summed E-state index contributed by atoms with van der Waals surface area (Å²) in [5, 5.41) is 20.5. The molecule has 7 heterocycles. The van der Waals surface area contributed by atoms with Crippen LogP contribution < -0.4 is 37.2 Å². The predicted octanol–water partition coefficient (Wildman–Crippen LogP) is 11.6. The number of rotatable bonds is 24. The molecule has 5 aromatic rings. The summed E-state index contributed by atoms with van der Waals surface area (Å²) in [7, 11) is 0. The lowest BCUT2D eigenvalue weighted by Crippen LogP contribution is -2.43. The molecule has 12 rings (SSSR count). The normalized spacial score (nSPS) is 23.4. The molecule has 3 saturated heterocycles. The highest BCUT2D eigenvalue weighted by molar-refractivity contribution is 5.87. The molecule has 7 aliphatic rings. The van der Waals surface area contributed by atoms with Crippen LogP contribution in [0, 0.1) is 29.6 Å². The van der Waals surface area contributed by atoms with Gasteiger partial charge < -0.3 is 70.4 Å². The number of nitrogens with one attached hydrogen (secondary N) is 7. The molecule has 714 valence electrons. The molecule has 132 heavy (non-hydrogen) atoms. The summed E-state index contributed by atoms with van der Waals surface area (Å²) in [5.41, 5.74) is 4.18. The predicted molar refractivity (Wildman–Crippen MR) is 501 cm³/mol. The van der Waals surface area contributed by atoms with Crippen molar-refractivity contribution in [3.05, 3.63) is 228 Å². The largest absolute Gasteiger partial charge is 0.463 e. The number of carbonyl (C=O) groups excluding carboxylic acids is 12. The monoisotopic (exact) mass is 1820 g/mol. The van der Waals surface area contributed by atoms with Gasteiger partial charge in [0, 0.05) is 97.3 Å². The highest BCUT2D eigenvalue weighted by atomic mass is 16.6. The van der Waals surface area contributed by atoms with Crippen LogP contribution in [0.4, 0.5) is 0 Å². The van der Waals surface area contributed by atoms with E-state index in [0.717, 1.165) is 133 Å². The Morgan fingerprint density at radius 3 is 1.19 bits per heavy atom. The van der Waals surface area contributed by atoms with Crippen molar-refractivity contribution < 1.29 is 90.7 Å². The number of benzene rings is 5. The summed E-state index contributed by atoms with van der Waals surface area (Å²) in [6.45, 7) is 18.0. The standard InChI is InChI=1S/C31H39N3O4.2C25H35N3O5.C22H29NO5/c35-29-15-9-3-8-14-27(31(37)38-22-28(33-29)26-12-6-2-7-13-26)21-30(36)32-23-34-18-16-25(17-19-34)20-24-10-4-1-5-11-24;29-23(26-12-7-13-28-14-16-32-17-15-28)18-21-10-5-2-6-11-24(30)33-22(19-27-25(21)31)20-8-3-1-4-9-20;29-23-11-6-2-5-10-21(18-24(30)26-12-7-13-28-14-16-32-17-15-28)25(31)33-19-22(27-23)20-8-3-1-4-9-20;1-22(2,3)28-20(25)14-17-12-8-5-9-13-19(24)27-18(15-23-21(17)26)16-10-6-4-7-11-16/h1-8,10-13,25,27-28H,9,14-23H2,(H,32,36)(H,33,35);1-5,8-9,21-22H,6-7,10-19H2,(H,26,29)(H,27,31);1-5,8-9,21-22H,6-7,10-19H2,(H,26,30)(H,27,29);4-8,10-11,17-18H,9,12-15H2,1-3H3,(H,23,26)/b8-3+;2*5-2+;8-5+/t27-,28-;2*21-,22-;17-,18-/m0000/s1. The molecule has 0 saturated carbocycles. The van der Waals surface area contributed by atoms with E-state index in [1.165, 1.54) is 5.56 Å². The Labute approximate surface area is 777 Å². The van der Waals surface area contributed by atoms with Gasteiger partial charge in [0.1, 0.15) is 31.0 Å².